The highest BCUT2D eigenvalue weighted by atomic mass is 16.5. The van der Waals surface area contributed by atoms with E-state index >= 15 is 0 Å². The summed E-state index contributed by atoms with van der Waals surface area (Å²) in [5.41, 5.74) is 0. The lowest BCUT2D eigenvalue weighted by atomic mass is 10.1. The Kier molecular flexibility index (Phi) is 8.32. The van der Waals surface area contributed by atoms with Crippen molar-refractivity contribution in [3.05, 3.63) is 0 Å². The maximum absolute atomic E-state index is 11.6. The van der Waals surface area contributed by atoms with E-state index < -0.39 is 0 Å². The molecule has 0 radical (unpaired) electrons. The molecule has 1 aliphatic carbocycles. The number of aliphatic imine (C=N–C) groups is 1. The Morgan fingerprint density at radius 3 is 2.46 bits per heavy atom. The van der Waals surface area contributed by atoms with Gasteiger partial charge in [0.25, 0.3) is 0 Å². The minimum Gasteiger partial charge on any atom is -0.385 e. The first-order valence-corrected chi connectivity index (χ1v) is 9.08. The molecule has 1 saturated carbocycles. The number of nitrogens with zero attached hydrogens (tertiary/aromatic N) is 2. The fourth-order valence-electron chi connectivity index (χ4n) is 2.87. The van der Waals surface area contributed by atoms with Crippen LogP contribution in [-0.2, 0) is 14.3 Å². The van der Waals surface area contributed by atoms with Crippen LogP contribution in [0.25, 0.3) is 0 Å². The van der Waals surface area contributed by atoms with Gasteiger partial charge in [-0.15, -0.1) is 0 Å². The molecule has 0 spiro atoms. The lowest BCUT2D eigenvalue weighted by molar-refractivity contribution is -0.122. The first kappa shape index (κ1) is 19.0. The monoisotopic (exact) mass is 340 g/mol. The Balaban J connectivity index is 1.57. The smallest absolute Gasteiger partial charge is 0.223 e. The molecule has 0 bridgehead atoms. The molecule has 138 valence electrons. The Bertz CT molecular complexity index is 405. The normalized spacial score (nSPS) is 19.4. The topological polar surface area (TPSA) is 75.2 Å². The van der Waals surface area contributed by atoms with E-state index in [0.717, 1.165) is 64.4 Å². The molecule has 2 aliphatic rings. The van der Waals surface area contributed by atoms with Gasteiger partial charge in [-0.25, -0.2) is 0 Å². The predicted molar refractivity (Wildman–Crippen MR) is 94.1 cm³/mol. The third kappa shape index (κ3) is 6.65. The van der Waals surface area contributed by atoms with E-state index in [9.17, 15) is 4.79 Å². The second-order valence-corrected chi connectivity index (χ2v) is 6.44. The van der Waals surface area contributed by atoms with E-state index in [4.69, 9.17) is 9.47 Å². The highest BCUT2D eigenvalue weighted by molar-refractivity contribution is 5.81. The molecule has 1 saturated heterocycles. The summed E-state index contributed by atoms with van der Waals surface area (Å²) in [6, 6.07) is 0. The molecule has 0 aromatic rings. The molecule has 2 fully saturated rings. The van der Waals surface area contributed by atoms with Gasteiger partial charge in [-0.1, -0.05) is 0 Å². The summed E-state index contributed by atoms with van der Waals surface area (Å²) in [7, 11) is 3.52. The number of hydrogen-bond donors (Lipinski definition) is 2. The fourth-order valence-corrected chi connectivity index (χ4v) is 2.87. The van der Waals surface area contributed by atoms with E-state index in [1.807, 2.05) is 0 Å². The number of guanidine groups is 1. The third-order valence-electron chi connectivity index (χ3n) is 4.46. The predicted octanol–water partition coefficient (Wildman–Crippen LogP) is 0.606. The number of amides is 1. The van der Waals surface area contributed by atoms with Gasteiger partial charge < -0.3 is 25.0 Å². The average Bonchev–Trinajstić information content (AvgIpc) is 3.45. The minimum absolute atomic E-state index is 0.193. The van der Waals surface area contributed by atoms with Gasteiger partial charge in [-0.2, -0.15) is 0 Å². The molecule has 0 aromatic carbocycles. The third-order valence-corrected chi connectivity index (χ3v) is 4.46. The van der Waals surface area contributed by atoms with Crippen LogP contribution in [0, 0.1) is 5.92 Å². The molecule has 1 heterocycles. The molecule has 2 rings (SSSR count). The minimum atomic E-state index is 0.193. The molecule has 0 atom stereocenters. The molecule has 2 N–H and O–H groups in total. The zero-order valence-corrected chi connectivity index (χ0v) is 15.1. The Labute approximate surface area is 145 Å². The van der Waals surface area contributed by atoms with E-state index in [1.165, 1.54) is 0 Å². The van der Waals surface area contributed by atoms with Crippen molar-refractivity contribution in [1.82, 2.24) is 15.5 Å². The van der Waals surface area contributed by atoms with Crippen molar-refractivity contribution >= 4 is 11.9 Å². The van der Waals surface area contributed by atoms with Crippen LogP contribution in [0.4, 0.5) is 0 Å². The molecule has 1 aliphatic heterocycles. The number of nitrogens with one attached hydrogen (secondary N) is 2. The molecule has 7 heteroatoms. The molecular weight excluding hydrogens is 308 g/mol. The van der Waals surface area contributed by atoms with Crippen molar-refractivity contribution in [2.24, 2.45) is 10.9 Å². The molecular formula is C17H32N4O3. The fraction of sp³-hybridized carbons (Fsp3) is 0.882. The van der Waals surface area contributed by atoms with Crippen LogP contribution in [0.2, 0.25) is 0 Å². The largest absolute Gasteiger partial charge is 0.385 e. The van der Waals surface area contributed by atoms with Crippen molar-refractivity contribution in [3.8, 4) is 0 Å². The molecule has 7 nitrogen and oxygen atoms in total. The van der Waals surface area contributed by atoms with Crippen molar-refractivity contribution in [1.29, 1.82) is 0 Å². The van der Waals surface area contributed by atoms with Gasteiger partial charge in [0.05, 0.1) is 6.10 Å². The van der Waals surface area contributed by atoms with Crippen LogP contribution in [0.15, 0.2) is 4.99 Å². The molecule has 1 amide bonds. The van der Waals surface area contributed by atoms with Gasteiger partial charge in [0, 0.05) is 59.5 Å². The Hall–Kier alpha value is -1.34. The number of carbonyl (C=O) groups is 1. The summed E-state index contributed by atoms with van der Waals surface area (Å²) in [6.07, 6.45) is 5.42. The number of methoxy groups -OCH3 is 1. The molecule has 0 aromatic heterocycles. The van der Waals surface area contributed by atoms with Gasteiger partial charge in [0.1, 0.15) is 0 Å². The Morgan fingerprint density at radius 2 is 1.83 bits per heavy atom. The van der Waals surface area contributed by atoms with E-state index in [1.54, 1.807) is 14.2 Å². The van der Waals surface area contributed by atoms with Crippen LogP contribution in [0.1, 0.15) is 32.1 Å². The standard InChI is InChI=1S/C17H32N4O3/c1-18-17(20-9-8-19-16(22)14-4-5-14)21-10-6-15(7-11-21)24-13-3-12-23-2/h14-15H,3-13H2,1-2H3,(H,18,20)(H,19,22). The van der Waals surface area contributed by atoms with Gasteiger partial charge in [0.2, 0.25) is 5.91 Å². The van der Waals surface area contributed by atoms with E-state index in [2.05, 4.69) is 20.5 Å². The van der Waals surface area contributed by atoms with Gasteiger partial charge in [-0.3, -0.25) is 9.79 Å². The SMILES string of the molecule is CN=C(NCCNC(=O)C1CC1)N1CCC(OCCCOC)CC1. The van der Waals surface area contributed by atoms with Crippen LogP contribution in [-0.4, -0.2) is 76.4 Å². The highest BCUT2D eigenvalue weighted by Gasteiger charge is 2.29. The summed E-state index contributed by atoms with van der Waals surface area (Å²) in [4.78, 5) is 18.2. The lowest BCUT2D eigenvalue weighted by Gasteiger charge is -2.34. The van der Waals surface area contributed by atoms with Gasteiger partial charge in [0.15, 0.2) is 5.96 Å². The number of ether oxygens (including phenoxy) is 2. The zero-order chi connectivity index (χ0) is 17.2. The molecule has 0 unspecified atom stereocenters. The zero-order valence-electron chi connectivity index (χ0n) is 15.1. The second kappa shape index (κ2) is 10.5. The van der Waals surface area contributed by atoms with Crippen molar-refractivity contribution in [2.45, 2.75) is 38.2 Å². The molecule has 24 heavy (non-hydrogen) atoms. The van der Waals surface area contributed by atoms with Crippen molar-refractivity contribution in [2.75, 3.05) is 53.6 Å². The maximum Gasteiger partial charge on any atom is 0.223 e. The number of rotatable bonds is 9. The number of hydrogen-bond acceptors (Lipinski definition) is 4. The summed E-state index contributed by atoms with van der Waals surface area (Å²) >= 11 is 0. The van der Waals surface area contributed by atoms with E-state index in [0.29, 0.717) is 19.2 Å². The van der Waals surface area contributed by atoms with Gasteiger partial charge in [-0.05, 0) is 32.1 Å². The number of carbonyl (C=O) groups excluding carboxylic acids is 1. The Morgan fingerprint density at radius 1 is 1.12 bits per heavy atom. The van der Waals surface area contributed by atoms with E-state index in [-0.39, 0.29) is 11.8 Å². The summed E-state index contributed by atoms with van der Waals surface area (Å²) < 4.78 is 10.9. The lowest BCUT2D eigenvalue weighted by Crippen LogP contribution is -2.48. The second-order valence-electron chi connectivity index (χ2n) is 6.44. The number of likely N-dealkylation sites (tertiary alicyclic amines) is 1. The first-order valence-electron chi connectivity index (χ1n) is 9.08. The average molecular weight is 340 g/mol. The van der Waals surface area contributed by atoms with Crippen molar-refractivity contribution in [3.63, 3.8) is 0 Å². The maximum atomic E-state index is 11.6. The first-order chi connectivity index (χ1) is 11.7. The quantitative estimate of drug-likeness (QED) is 0.365. The van der Waals surface area contributed by atoms with Crippen LogP contribution < -0.4 is 10.6 Å². The van der Waals surface area contributed by atoms with Gasteiger partial charge >= 0.3 is 0 Å². The summed E-state index contributed by atoms with van der Waals surface area (Å²) in [6.45, 7) is 4.77. The summed E-state index contributed by atoms with van der Waals surface area (Å²) in [5, 5.41) is 6.29. The van der Waals surface area contributed by atoms with Crippen LogP contribution in [0.5, 0.6) is 0 Å². The summed E-state index contributed by atoms with van der Waals surface area (Å²) in [5.74, 6) is 1.37. The van der Waals surface area contributed by atoms with Crippen LogP contribution >= 0.6 is 0 Å². The number of piperidine rings is 1. The van der Waals surface area contributed by atoms with Crippen LogP contribution in [0.3, 0.4) is 0 Å². The van der Waals surface area contributed by atoms with Crippen molar-refractivity contribution < 1.29 is 14.3 Å². The highest BCUT2D eigenvalue weighted by Crippen LogP contribution is 2.28.